The third-order valence-corrected chi connectivity index (χ3v) is 6.60. The predicted molar refractivity (Wildman–Crippen MR) is 127 cm³/mol. The van der Waals surface area contributed by atoms with Crippen LogP contribution in [-0.4, -0.2) is 23.2 Å². The molecule has 0 spiro atoms. The number of esters is 1. The summed E-state index contributed by atoms with van der Waals surface area (Å²) in [5, 5.41) is 5.63. The van der Waals surface area contributed by atoms with Crippen LogP contribution in [0.15, 0.2) is 65.6 Å². The van der Waals surface area contributed by atoms with E-state index in [1.165, 1.54) is 0 Å². The lowest BCUT2D eigenvalue weighted by Gasteiger charge is -2.27. The summed E-state index contributed by atoms with van der Waals surface area (Å²) in [7, 11) is 0. The molecule has 0 aliphatic carbocycles. The van der Waals surface area contributed by atoms with Crippen LogP contribution in [0, 0.1) is 5.92 Å². The van der Waals surface area contributed by atoms with Gasteiger partial charge in [-0.3, -0.25) is 9.59 Å². The van der Waals surface area contributed by atoms with E-state index in [9.17, 15) is 9.59 Å². The first-order chi connectivity index (χ1) is 14.7. The van der Waals surface area contributed by atoms with Crippen LogP contribution in [0.1, 0.15) is 32.3 Å². The maximum Gasteiger partial charge on any atom is 0.319 e. The van der Waals surface area contributed by atoms with Crippen molar-refractivity contribution in [3.63, 3.8) is 0 Å². The SMILES string of the molecule is CC(C)(C)OC(=O)C(C(=O)Nc1ccc2ccccc2c1)C1CSc2ccc(Cl)cc21. The van der Waals surface area contributed by atoms with Gasteiger partial charge in [0.1, 0.15) is 11.5 Å². The molecule has 3 aromatic rings. The van der Waals surface area contributed by atoms with Crippen molar-refractivity contribution in [3.05, 3.63) is 71.2 Å². The molecule has 2 unspecified atom stereocenters. The van der Waals surface area contributed by atoms with Gasteiger partial charge in [-0.05, 0) is 67.4 Å². The molecule has 6 heteroatoms. The molecule has 4 rings (SSSR count). The highest BCUT2D eigenvalue weighted by Crippen LogP contribution is 2.45. The van der Waals surface area contributed by atoms with Gasteiger partial charge in [0.2, 0.25) is 5.91 Å². The summed E-state index contributed by atoms with van der Waals surface area (Å²) in [5.41, 5.74) is 0.873. The summed E-state index contributed by atoms with van der Waals surface area (Å²) >= 11 is 7.85. The number of carbonyl (C=O) groups is 2. The predicted octanol–water partition coefficient (Wildman–Crippen LogP) is 6.28. The molecule has 0 saturated carbocycles. The van der Waals surface area contributed by atoms with Gasteiger partial charge in [-0.1, -0.05) is 41.9 Å². The van der Waals surface area contributed by atoms with Crippen LogP contribution < -0.4 is 5.32 Å². The number of benzene rings is 3. The number of rotatable bonds is 4. The van der Waals surface area contributed by atoms with E-state index in [0.717, 1.165) is 21.2 Å². The molecule has 160 valence electrons. The molecule has 1 N–H and O–H groups in total. The number of carbonyl (C=O) groups excluding carboxylic acids is 2. The molecule has 4 nitrogen and oxygen atoms in total. The van der Waals surface area contributed by atoms with Crippen LogP contribution in [0.4, 0.5) is 5.69 Å². The fraction of sp³-hybridized carbons (Fsp3) is 0.280. The lowest BCUT2D eigenvalue weighted by Crippen LogP contribution is -2.39. The second kappa shape index (κ2) is 8.56. The minimum atomic E-state index is -0.974. The standard InChI is InChI=1S/C25H24ClNO3S/c1-25(2,3)30-24(29)22(20-14-31-21-11-9-17(26)13-19(20)21)23(28)27-18-10-8-15-6-4-5-7-16(15)12-18/h4-13,20,22H,14H2,1-3H3,(H,27,28). The zero-order valence-corrected chi connectivity index (χ0v) is 19.2. The number of hydrogen-bond donors (Lipinski definition) is 1. The van der Waals surface area contributed by atoms with Crippen molar-refractivity contribution in [1.82, 2.24) is 0 Å². The van der Waals surface area contributed by atoms with Gasteiger partial charge in [0, 0.05) is 27.3 Å². The molecule has 1 aliphatic rings. The normalized spacial score (nSPS) is 16.6. The summed E-state index contributed by atoms with van der Waals surface area (Å²) in [6.07, 6.45) is 0. The highest BCUT2D eigenvalue weighted by atomic mass is 35.5. The Morgan fingerprint density at radius 2 is 1.81 bits per heavy atom. The summed E-state index contributed by atoms with van der Waals surface area (Å²) in [6.45, 7) is 5.41. The first kappa shape index (κ1) is 21.7. The topological polar surface area (TPSA) is 55.4 Å². The van der Waals surface area contributed by atoms with Crippen molar-refractivity contribution < 1.29 is 14.3 Å². The van der Waals surface area contributed by atoms with Crippen molar-refractivity contribution in [2.24, 2.45) is 5.92 Å². The average molecular weight is 454 g/mol. The van der Waals surface area contributed by atoms with Gasteiger partial charge in [0.25, 0.3) is 0 Å². The second-order valence-corrected chi connectivity index (χ2v) is 10.2. The quantitative estimate of drug-likeness (QED) is 0.373. The summed E-state index contributed by atoms with van der Waals surface area (Å²) in [6, 6.07) is 19.3. The van der Waals surface area contributed by atoms with Crippen molar-refractivity contribution in [2.75, 3.05) is 11.1 Å². The molecule has 1 aliphatic heterocycles. The minimum absolute atomic E-state index is 0.311. The van der Waals surface area contributed by atoms with Gasteiger partial charge in [-0.25, -0.2) is 0 Å². The molecule has 2 atom stereocenters. The van der Waals surface area contributed by atoms with Gasteiger partial charge >= 0.3 is 5.97 Å². The Morgan fingerprint density at radius 3 is 2.55 bits per heavy atom. The van der Waals surface area contributed by atoms with E-state index in [1.54, 1.807) is 32.5 Å². The number of anilines is 1. The van der Waals surface area contributed by atoms with E-state index in [4.69, 9.17) is 16.3 Å². The van der Waals surface area contributed by atoms with Crippen LogP contribution >= 0.6 is 23.4 Å². The number of fused-ring (bicyclic) bond motifs is 2. The first-order valence-corrected chi connectivity index (χ1v) is 11.5. The Kier molecular flexibility index (Phi) is 6.00. The average Bonchev–Trinajstić information content (AvgIpc) is 3.09. The van der Waals surface area contributed by atoms with E-state index in [2.05, 4.69) is 5.32 Å². The van der Waals surface area contributed by atoms with Gasteiger partial charge in [0.15, 0.2) is 0 Å². The number of thioether (sulfide) groups is 1. The zero-order chi connectivity index (χ0) is 22.2. The Morgan fingerprint density at radius 1 is 1.06 bits per heavy atom. The lowest BCUT2D eigenvalue weighted by atomic mass is 9.86. The Bertz CT molecular complexity index is 1150. The summed E-state index contributed by atoms with van der Waals surface area (Å²) < 4.78 is 5.64. The maximum absolute atomic E-state index is 13.4. The van der Waals surface area contributed by atoms with Crippen molar-refractivity contribution in [3.8, 4) is 0 Å². The largest absolute Gasteiger partial charge is 0.459 e. The monoisotopic (exact) mass is 453 g/mol. The summed E-state index contributed by atoms with van der Waals surface area (Å²) in [4.78, 5) is 27.6. The summed E-state index contributed by atoms with van der Waals surface area (Å²) in [5.74, 6) is -1.57. The number of amides is 1. The second-order valence-electron chi connectivity index (χ2n) is 8.66. The third kappa shape index (κ3) is 4.89. The van der Waals surface area contributed by atoms with E-state index in [1.807, 2.05) is 60.7 Å². The molecule has 0 fully saturated rings. The number of ether oxygens (including phenoxy) is 1. The highest BCUT2D eigenvalue weighted by Gasteiger charge is 2.42. The van der Waals surface area contributed by atoms with Crippen LogP contribution in [0.25, 0.3) is 10.8 Å². The van der Waals surface area contributed by atoms with Crippen molar-refractivity contribution in [2.45, 2.75) is 37.2 Å². The Labute approximate surface area is 191 Å². The first-order valence-electron chi connectivity index (χ1n) is 10.2. The van der Waals surface area contributed by atoms with Crippen LogP contribution in [0.3, 0.4) is 0 Å². The van der Waals surface area contributed by atoms with Crippen LogP contribution in [0.2, 0.25) is 5.02 Å². The lowest BCUT2D eigenvalue weighted by molar-refractivity contribution is -0.162. The number of hydrogen-bond acceptors (Lipinski definition) is 4. The molecule has 1 heterocycles. The molecular weight excluding hydrogens is 430 g/mol. The van der Waals surface area contributed by atoms with Gasteiger partial charge in [-0.15, -0.1) is 11.8 Å². The highest BCUT2D eigenvalue weighted by molar-refractivity contribution is 7.99. The van der Waals surface area contributed by atoms with Crippen molar-refractivity contribution in [1.29, 1.82) is 0 Å². The third-order valence-electron chi connectivity index (χ3n) is 5.15. The molecule has 0 bridgehead atoms. The molecule has 1 amide bonds. The van der Waals surface area contributed by atoms with Crippen molar-refractivity contribution >= 4 is 51.7 Å². The van der Waals surface area contributed by atoms with Gasteiger partial charge in [0.05, 0.1) is 0 Å². The molecular formula is C25H24ClNO3S. The molecule has 0 aromatic heterocycles. The van der Waals surface area contributed by atoms with Crippen LogP contribution in [-0.2, 0) is 14.3 Å². The Hall–Kier alpha value is -2.50. The van der Waals surface area contributed by atoms with Gasteiger partial charge < -0.3 is 10.1 Å². The molecule has 31 heavy (non-hydrogen) atoms. The van der Waals surface area contributed by atoms with E-state index >= 15 is 0 Å². The minimum Gasteiger partial charge on any atom is -0.459 e. The Balaban J connectivity index is 1.66. The molecule has 3 aromatic carbocycles. The fourth-order valence-corrected chi connectivity index (χ4v) is 5.24. The van der Waals surface area contributed by atoms with Crippen LogP contribution in [0.5, 0.6) is 0 Å². The fourth-order valence-electron chi connectivity index (χ4n) is 3.79. The number of nitrogens with one attached hydrogen (secondary N) is 1. The van der Waals surface area contributed by atoms with Gasteiger partial charge in [-0.2, -0.15) is 0 Å². The molecule has 0 radical (unpaired) electrons. The van der Waals surface area contributed by atoms with E-state index in [-0.39, 0.29) is 11.8 Å². The smallest absolute Gasteiger partial charge is 0.319 e. The maximum atomic E-state index is 13.4. The zero-order valence-electron chi connectivity index (χ0n) is 17.6. The van der Waals surface area contributed by atoms with E-state index < -0.39 is 17.5 Å². The molecule has 0 saturated heterocycles. The van der Waals surface area contributed by atoms with E-state index in [0.29, 0.717) is 16.5 Å². The number of halogens is 1.